The number of nitrogens with one attached hydrogen (secondary N) is 1. The van der Waals surface area contributed by atoms with Crippen molar-refractivity contribution in [3.63, 3.8) is 0 Å². The topological polar surface area (TPSA) is 60.2 Å². The zero-order valence-corrected chi connectivity index (χ0v) is 15.1. The Bertz CT molecular complexity index is 709. The lowest BCUT2D eigenvalue weighted by Crippen LogP contribution is -2.44. The fourth-order valence-electron chi connectivity index (χ4n) is 4.08. The number of nitrogens with zero attached hydrogens (tertiary/aromatic N) is 2. The average Bonchev–Trinajstić information content (AvgIpc) is 3.34. The molecular formula is C20H27N3O2. The fraction of sp³-hybridized carbons (Fsp3) is 0.600. The van der Waals surface area contributed by atoms with E-state index in [1.54, 1.807) is 0 Å². The van der Waals surface area contributed by atoms with Crippen LogP contribution in [-0.4, -0.2) is 29.0 Å². The van der Waals surface area contributed by atoms with Gasteiger partial charge in [0.1, 0.15) is 0 Å². The molecule has 1 aromatic carbocycles. The van der Waals surface area contributed by atoms with Crippen molar-refractivity contribution in [3.05, 3.63) is 41.8 Å². The molecule has 0 unspecified atom stereocenters. The van der Waals surface area contributed by atoms with Crippen molar-refractivity contribution in [3.8, 4) is 0 Å². The quantitative estimate of drug-likeness (QED) is 0.850. The summed E-state index contributed by atoms with van der Waals surface area (Å²) < 4.78 is 11.7. The second-order valence-corrected chi connectivity index (χ2v) is 8.08. The van der Waals surface area contributed by atoms with E-state index < -0.39 is 0 Å². The number of hydrogen-bond acceptors (Lipinski definition) is 5. The molecule has 1 aliphatic heterocycles. The highest BCUT2D eigenvalue weighted by Gasteiger charge is 2.41. The van der Waals surface area contributed by atoms with E-state index in [0.29, 0.717) is 11.9 Å². The molecular weight excluding hydrogens is 314 g/mol. The van der Waals surface area contributed by atoms with E-state index in [9.17, 15) is 0 Å². The molecule has 1 saturated heterocycles. The number of ether oxygens (including phenoxy) is 1. The van der Waals surface area contributed by atoms with Gasteiger partial charge in [0.05, 0.1) is 5.60 Å². The third-order valence-corrected chi connectivity index (χ3v) is 5.47. The maximum Gasteiger partial charge on any atom is 0.315 e. The molecule has 2 heterocycles. The lowest BCUT2D eigenvalue weighted by Gasteiger charge is -2.45. The van der Waals surface area contributed by atoms with Gasteiger partial charge >= 0.3 is 6.01 Å². The molecule has 0 spiro atoms. The molecule has 2 aromatic rings. The summed E-state index contributed by atoms with van der Waals surface area (Å²) >= 11 is 0. The van der Waals surface area contributed by atoms with Gasteiger partial charge in [0.15, 0.2) is 0 Å². The van der Waals surface area contributed by atoms with Crippen molar-refractivity contribution in [1.29, 1.82) is 0 Å². The predicted molar refractivity (Wildman–Crippen MR) is 96.8 cm³/mol. The van der Waals surface area contributed by atoms with Crippen LogP contribution in [0.5, 0.6) is 0 Å². The van der Waals surface area contributed by atoms with Crippen molar-refractivity contribution in [2.45, 2.75) is 62.9 Å². The number of rotatable bonds is 6. The van der Waals surface area contributed by atoms with Crippen molar-refractivity contribution in [1.82, 2.24) is 10.2 Å². The number of benzene rings is 1. The van der Waals surface area contributed by atoms with Crippen LogP contribution in [0, 0.1) is 0 Å². The Kier molecular flexibility index (Phi) is 4.28. The van der Waals surface area contributed by atoms with Crippen LogP contribution in [0.4, 0.5) is 6.01 Å². The summed E-state index contributed by atoms with van der Waals surface area (Å²) in [6, 6.07) is 11.4. The molecule has 134 valence electrons. The maximum atomic E-state index is 5.98. The van der Waals surface area contributed by atoms with Crippen molar-refractivity contribution < 1.29 is 9.15 Å². The number of anilines is 1. The van der Waals surface area contributed by atoms with Gasteiger partial charge in [0.25, 0.3) is 0 Å². The first-order valence-corrected chi connectivity index (χ1v) is 9.33. The minimum Gasteiger partial charge on any atom is -0.408 e. The first-order valence-electron chi connectivity index (χ1n) is 9.33. The number of aromatic nitrogens is 2. The van der Waals surface area contributed by atoms with Gasteiger partial charge in [-0.25, -0.2) is 0 Å². The summed E-state index contributed by atoms with van der Waals surface area (Å²) in [6.07, 6.45) is 5.43. The van der Waals surface area contributed by atoms with Crippen LogP contribution < -0.4 is 5.32 Å². The zero-order chi connectivity index (χ0) is 17.3. The van der Waals surface area contributed by atoms with Crippen LogP contribution in [0.15, 0.2) is 34.7 Å². The SMILES string of the molecule is CC1(C)C[C@](CCNc2nnc(C3CC3)o2)(c2ccccc2)CCO1. The smallest absolute Gasteiger partial charge is 0.315 e. The maximum absolute atomic E-state index is 5.98. The normalized spacial score (nSPS) is 25.7. The first kappa shape index (κ1) is 16.6. The molecule has 1 atom stereocenters. The first-order chi connectivity index (χ1) is 12.1. The largest absolute Gasteiger partial charge is 0.408 e. The van der Waals surface area contributed by atoms with E-state index in [1.165, 1.54) is 18.4 Å². The third kappa shape index (κ3) is 3.71. The van der Waals surface area contributed by atoms with Crippen molar-refractivity contribution in [2.24, 2.45) is 0 Å². The highest BCUT2D eigenvalue weighted by atomic mass is 16.5. The zero-order valence-electron chi connectivity index (χ0n) is 15.1. The summed E-state index contributed by atoms with van der Waals surface area (Å²) in [5, 5.41) is 11.6. The Labute approximate surface area is 149 Å². The molecule has 4 rings (SSSR count). The molecule has 0 radical (unpaired) electrons. The Hall–Kier alpha value is -1.88. The summed E-state index contributed by atoms with van der Waals surface area (Å²) in [5.74, 6) is 1.28. The van der Waals surface area contributed by atoms with Crippen LogP contribution in [0.25, 0.3) is 0 Å². The van der Waals surface area contributed by atoms with Gasteiger partial charge in [-0.1, -0.05) is 35.4 Å². The van der Waals surface area contributed by atoms with Crippen LogP contribution in [0.2, 0.25) is 0 Å². The van der Waals surface area contributed by atoms with Crippen LogP contribution >= 0.6 is 0 Å². The highest BCUT2D eigenvalue weighted by molar-refractivity contribution is 5.28. The van der Waals surface area contributed by atoms with E-state index in [1.807, 2.05) is 0 Å². The molecule has 1 saturated carbocycles. The minimum atomic E-state index is -0.0995. The van der Waals surface area contributed by atoms with Gasteiger partial charge < -0.3 is 14.5 Å². The van der Waals surface area contributed by atoms with Crippen LogP contribution in [-0.2, 0) is 10.2 Å². The van der Waals surface area contributed by atoms with Gasteiger partial charge in [0, 0.05) is 24.5 Å². The second kappa shape index (κ2) is 6.45. The van der Waals surface area contributed by atoms with E-state index in [0.717, 1.165) is 38.3 Å². The molecule has 5 nitrogen and oxygen atoms in total. The third-order valence-electron chi connectivity index (χ3n) is 5.47. The van der Waals surface area contributed by atoms with E-state index in [-0.39, 0.29) is 11.0 Å². The van der Waals surface area contributed by atoms with Gasteiger partial charge in [0.2, 0.25) is 5.89 Å². The minimum absolute atomic E-state index is 0.0995. The summed E-state index contributed by atoms with van der Waals surface area (Å²) in [6.45, 7) is 6.00. The molecule has 1 aromatic heterocycles. The molecule has 1 N–H and O–H groups in total. The Morgan fingerprint density at radius 2 is 1.96 bits per heavy atom. The van der Waals surface area contributed by atoms with Crippen molar-refractivity contribution in [2.75, 3.05) is 18.5 Å². The standard InChI is InChI=1S/C20H27N3O2/c1-19(2)14-20(11-13-24-19,16-6-4-3-5-7-16)10-12-21-18-23-22-17(25-18)15-8-9-15/h3-7,15H,8-14H2,1-2H3,(H,21,23)/t20-/m1/s1. The predicted octanol–water partition coefficient (Wildman–Crippen LogP) is 4.28. The molecule has 0 bridgehead atoms. The van der Waals surface area contributed by atoms with Crippen molar-refractivity contribution >= 4 is 6.01 Å². The summed E-state index contributed by atoms with van der Waals surface area (Å²) in [5.41, 5.74) is 1.42. The number of hydrogen-bond donors (Lipinski definition) is 1. The van der Waals surface area contributed by atoms with E-state index >= 15 is 0 Å². The molecule has 2 aliphatic rings. The van der Waals surface area contributed by atoms with Crippen LogP contribution in [0.1, 0.15) is 63.3 Å². The van der Waals surface area contributed by atoms with Gasteiger partial charge in [-0.05, 0) is 51.5 Å². The molecule has 2 fully saturated rings. The second-order valence-electron chi connectivity index (χ2n) is 8.08. The Balaban J connectivity index is 1.46. The molecule has 1 aliphatic carbocycles. The van der Waals surface area contributed by atoms with E-state index in [4.69, 9.17) is 9.15 Å². The average molecular weight is 341 g/mol. The lowest BCUT2D eigenvalue weighted by molar-refractivity contribution is -0.0835. The molecule has 0 amide bonds. The van der Waals surface area contributed by atoms with E-state index in [2.05, 4.69) is 59.7 Å². The lowest BCUT2D eigenvalue weighted by atomic mass is 9.67. The summed E-state index contributed by atoms with van der Waals surface area (Å²) in [4.78, 5) is 0. The van der Waals surface area contributed by atoms with Gasteiger partial charge in [-0.2, -0.15) is 0 Å². The van der Waals surface area contributed by atoms with Gasteiger partial charge in [-0.15, -0.1) is 5.10 Å². The van der Waals surface area contributed by atoms with Crippen LogP contribution in [0.3, 0.4) is 0 Å². The van der Waals surface area contributed by atoms with Gasteiger partial charge in [-0.3, -0.25) is 0 Å². The Morgan fingerprint density at radius 1 is 1.16 bits per heavy atom. The molecule has 5 heteroatoms. The summed E-state index contributed by atoms with van der Waals surface area (Å²) in [7, 11) is 0. The molecule has 25 heavy (non-hydrogen) atoms. The monoisotopic (exact) mass is 341 g/mol. The Morgan fingerprint density at radius 3 is 2.68 bits per heavy atom. The highest BCUT2D eigenvalue weighted by Crippen LogP contribution is 2.44. The fourth-order valence-corrected chi connectivity index (χ4v) is 4.08.